The van der Waals surface area contributed by atoms with Crippen LogP contribution in [-0.2, 0) is 0 Å². The van der Waals surface area contributed by atoms with Gasteiger partial charge in [-0.15, -0.1) is 0 Å². The molecule has 0 fully saturated rings. The number of aromatic amines is 1. The van der Waals surface area contributed by atoms with Crippen molar-refractivity contribution in [3.63, 3.8) is 0 Å². The molecule has 1 heterocycles. The van der Waals surface area contributed by atoms with Gasteiger partial charge in [0.05, 0.1) is 16.9 Å². The number of anilines is 2. The summed E-state index contributed by atoms with van der Waals surface area (Å²) >= 11 is 0. The zero-order chi connectivity index (χ0) is 14.0. The van der Waals surface area contributed by atoms with E-state index in [4.69, 9.17) is 5.73 Å². The smallest absolute Gasteiger partial charge is 0.257 e. The molecule has 0 aliphatic heterocycles. The number of carbonyl (C=O) groups excluding carboxylic acids is 1. The zero-order valence-electron chi connectivity index (χ0n) is 9.54. The lowest BCUT2D eigenvalue weighted by molar-refractivity contribution is 0.102. The quantitative estimate of drug-likeness (QED) is 0.719. The molecule has 5 nitrogen and oxygen atoms in total. The standard InChI is InChI=1S/C12H9F2N3O2/c13-7-3-8(14)10(4-9(7)15)17-12(19)6-1-2-11(18)16-5-6/h1-5H,15H2,(H,16,18)(H,17,19). The van der Waals surface area contributed by atoms with Crippen LogP contribution in [0.3, 0.4) is 0 Å². The Kier molecular flexibility index (Phi) is 3.28. The van der Waals surface area contributed by atoms with E-state index in [9.17, 15) is 18.4 Å². The van der Waals surface area contributed by atoms with Crippen molar-refractivity contribution >= 4 is 17.3 Å². The molecule has 0 saturated heterocycles. The van der Waals surface area contributed by atoms with Crippen LogP contribution in [-0.4, -0.2) is 10.9 Å². The summed E-state index contributed by atoms with van der Waals surface area (Å²) in [6.45, 7) is 0. The lowest BCUT2D eigenvalue weighted by atomic mass is 10.2. The third-order valence-corrected chi connectivity index (χ3v) is 2.38. The SMILES string of the molecule is Nc1cc(NC(=O)c2ccc(=O)[nH]c2)c(F)cc1F. The van der Waals surface area contributed by atoms with Crippen LogP contribution in [0.2, 0.25) is 0 Å². The molecular formula is C12H9F2N3O2. The predicted molar refractivity (Wildman–Crippen MR) is 65.8 cm³/mol. The largest absolute Gasteiger partial charge is 0.396 e. The van der Waals surface area contributed by atoms with Gasteiger partial charge in [-0.05, 0) is 12.1 Å². The maximum absolute atomic E-state index is 13.4. The number of pyridine rings is 1. The third kappa shape index (κ3) is 2.76. The maximum atomic E-state index is 13.4. The second-order valence-electron chi connectivity index (χ2n) is 3.75. The van der Waals surface area contributed by atoms with Gasteiger partial charge in [-0.1, -0.05) is 0 Å². The molecule has 19 heavy (non-hydrogen) atoms. The monoisotopic (exact) mass is 265 g/mol. The number of H-pyrrole nitrogens is 1. The third-order valence-electron chi connectivity index (χ3n) is 2.38. The molecule has 1 amide bonds. The zero-order valence-corrected chi connectivity index (χ0v) is 9.54. The first kappa shape index (κ1) is 12.7. The fourth-order valence-electron chi connectivity index (χ4n) is 1.41. The van der Waals surface area contributed by atoms with E-state index in [1.54, 1.807) is 0 Å². The lowest BCUT2D eigenvalue weighted by Gasteiger charge is -2.07. The fraction of sp³-hybridized carbons (Fsp3) is 0. The molecule has 0 bridgehead atoms. The average Bonchev–Trinajstić information content (AvgIpc) is 2.36. The fourth-order valence-corrected chi connectivity index (χ4v) is 1.41. The van der Waals surface area contributed by atoms with Crippen LogP contribution in [0, 0.1) is 11.6 Å². The number of hydrogen-bond acceptors (Lipinski definition) is 3. The highest BCUT2D eigenvalue weighted by Crippen LogP contribution is 2.21. The summed E-state index contributed by atoms with van der Waals surface area (Å²) < 4.78 is 26.3. The first-order valence-electron chi connectivity index (χ1n) is 5.22. The van der Waals surface area contributed by atoms with Crippen molar-refractivity contribution in [3.05, 3.63) is 58.0 Å². The number of aromatic nitrogens is 1. The van der Waals surface area contributed by atoms with E-state index in [0.29, 0.717) is 6.07 Å². The number of nitrogens with one attached hydrogen (secondary N) is 2. The number of nitrogen functional groups attached to an aromatic ring is 1. The van der Waals surface area contributed by atoms with Crippen LogP contribution in [0.5, 0.6) is 0 Å². The summed E-state index contributed by atoms with van der Waals surface area (Å²) in [5, 5.41) is 2.23. The molecule has 1 aromatic carbocycles. The first-order chi connectivity index (χ1) is 8.97. The van der Waals surface area contributed by atoms with Crippen molar-refractivity contribution in [1.29, 1.82) is 0 Å². The highest BCUT2D eigenvalue weighted by molar-refractivity contribution is 6.04. The van der Waals surface area contributed by atoms with Gasteiger partial charge >= 0.3 is 0 Å². The Balaban J connectivity index is 2.26. The van der Waals surface area contributed by atoms with Crippen LogP contribution in [0.25, 0.3) is 0 Å². The topological polar surface area (TPSA) is 88.0 Å². The number of nitrogens with two attached hydrogens (primary N) is 1. The van der Waals surface area contributed by atoms with E-state index in [2.05, 4.69) is 10.3 Å². The molecule has 98 valence electrons. The average molecular weight is 265 g/mol. The number of benzene rings is 1. The number of hydrogen-bond donors (Lipinski definition) is 3. The molecule has 4 N–H and O–H groups in total. The molecule has 0 aliphatic rings. The summed E-state index contributed by atoms with van der Waals surface area (Å²) in [7, 11) is 0. The number of amides is 1. The summed E-state index contributed by atoms with van der Waals surface area (Å²) in [4.78, 5) is 24.9. The van der Waals surface area contributed by atoms with Crippen LogP contribution in [0.1, 0.15) is 10.4 Å². The van der Waals surface area contributed by atoms with Gasteiger partial charge in [0.15, 0.2) is 0 Å². The van der Waals surface area contributed by atoms with Gasteiger partial charge in [0.25, 0.3) is 5.91 Å². The number of carbonyl (C=O) groups is 1. The Morgan fingerprint density at radius 3 is 2.58 bits per heavy atom. The number of rotatable bonds is 2. The van der Waals surface area contributed by atoms with Gasteiger partial charge < -0.3 is 16.0 Å². The highest BCUT2D eigenvalue weighted by atomic mass is 19.1. The Morgan fingerprint density at radius 1 is 1.21 bits per heavy atom. The Labute approximate surface area is 106 Å². The summed E-state index contributed by atoms with van der Waals surface area (Å²) in [5.74, 6) is -2.50. The van der Waals surface area contributed by atoms with Crippen LogP contribution < -0.4 is 16.6 Å². The van der Waals surface area contributed by atoms with Crippen molar-refractivity contribution in [2.75, 3.05) is 11.1 Å². The van der Waals surface area contributed by atoms with E-state index >= 15 is 0 Å². The molecular weight excluding hydrogens is 256 g/mol. The summed E-state index contributed by atoms with van der Waals surface area (Å²) in [5.41, 5.74) is 4.52. The van der Waals surface area contributed by atoms with Crippen LogP contribution >= 0.6 is 0 Å². The Hall–Kier alpha value is -2.70. The number of halogens is 2. The van der Waals surface area contributed by atoms with E-state index in [1.807, 2.05) is 0 Å². The van der Waals surface area contributed by atoms with Gasteiger partial charge in [0.2, 0.25) is 5.56 Å². The molecule has 0 spiro atoms. The highest BCUT2D eigenvalue weighted by Gasteiger charge is 2.12. The van der Waals surface area contributed by atoms with Gasteiger partial charge in [-0.3, -0.25) is 9.59 Å². The predicted octanol–water partition coefficient (Wildman–Crippen LogP) is 1.49. The molecule has 0 aliphatic carbocycles. The maximum Gasteiger partial charge on any atom is 0.257 e. The van der Waals surface area contributed by atoms with Crippen LogP contribution in [0.15, 0.2) is 35.3 Å². The second-order valence-corrected chi connectivity index (χ2v) is 3.75. The molecule has 0 radical (unpaired) electrons. The first-order valence-corrected chi connectivity index (χ1v) is 5.22. The van der Waals surface area contributed by atoms with E-state index in [0.717, 1.165) is 12.1 Å². The Morgan fingerprint density at radius 2 is 1.95 bits per heavy atom. The molecule has 0 unspecified atom stereocenters. The van der Waals surface area contributed by atoms with Crippen molar-refractivity contribution in [2.24, 2.45) is 0 Å². The minimum atomic E-state index is -0.940. The Bertz CT molecular complexity index is 677. The molecule has 0 atom stereocenters. The van der Waals surface area contributed by atoms with Crippen molar-refractivity contribution in [1.82, 2.24) is 4.98 Å². The summed E-state index contributed by atoms with van der Waals surface area (Å²) in [6.07, 6.45) is 1.18. The summed E-state index contributed by atoms with van der Waals surface area (Å²) in [6, 6.07) is 4.00. The molecule has 7 heteroatoms. The molecule has 0 saturated carbocycles. The van der Waals surface area contributed by atoms with Crippen LogP contribution in [0.4, 0.5) is 20.2 Å². The normalized spacial score (nSPS) is 10.2. The minimum absolute atomic E-state index is 0.127. The van der Waals surface area contributed by atoms with E-state index in [1.165, 1.54) is 12.3 Å². The van der Waals surface area contributed by atoms with E-state index < -0.39 is 17.5 Å². The second kappa shape index (κ2) is 4.89. The lowest BCUT2D eigenvalue weighted by Crippen LogP contribution is -2.15. The molecule has 2 rings (SSSR count). The van der Waals surface area contributed by atoms with Gasteiger partial charge in [-0.25, -0.2) is 8.78 Å². The molecule has 2 aromatic rings. The minimum Gasteiger partial charge on any atom is -0.396 e. The van der Waals surface area contributed by atoms with Gasteiger partial charge in [-0.2, -0.15) is 0 Å². The van der Waals surface area contributed by atoms with Crippen molar-refractivity contribution in [3.8, 4) is 0 Å². The van der Waals surface area contributed by atoms with Gasteiger partial charge in [0.1, 0.15) is 11.6 Å². The van der Waals surface area contributed by atoms with Crippen molar-refractivity contribution < 1.29 is 13.6 Å². The van der Waals surface area contributed by atoms with Crippen molar-refractivity contribution in [2.45, 2.75) is 0 Å². The van der Waals surface area contributed by atoms with E-state index in [-0.39, 0.29) is 22.5 Å². The van der Waals surface area contributed by atoms with Gasteiger partial charge in [0, 0.05) is 18.3 Å². The molecule has 1 aromatic heterocycles.